The van der Waals surface area contributed by atoms with E-state index >= 15 is 0 Å². The van der Waals surface area contributed by atoms with Gasteiger partial charge in [-0.1, -0.05) is 6.92 Å². The summed E-state index contributed by atoms with van der Waals surface area (Å²) in [5.74, 6) is -0.455. The minimum atomic E-state index is -0.612. The van der Waals surface area contributed by atoms with Crippen LogP contribution in [0.1, 0.15) is 19.8 Å². The number of nitrogens with one attached hydrogen (secondary N) is 1. The van der Waals surface area contributed by atoms with E-state index in [4.69, 9.17) is 5.11 Å². The number of carbonyl (C=O) groups excluding carboxylic acids is 2. The first-order chi connectivity index (χ1) is 7.15. The lowest BCUT2D eigenvalue weighted by molar-refractivity contribution is -0.146. The van der Waals surface area contributed by atoms with Gasteiger partial charge in [-0.05, 0) is 18.8 Å². The number of aliphatic hydroxyl groups excluding tert-OH is 1. The van der Waals surface area contributed by atoms with Gasteiger partial charge in [-0.15, -0.1) is 0 Å². The van der Waals surface area contributed by atoms with Gasteiger partial charge in [0.05, 0.1) is 6.61 Å². The summed E-state index contributed by atoms with van der Waals surface area (Å²) < 4.78 is 0. The van der Waals surface area contributed by atoms with Crippen molar-refractivity contribution < 1.29 is 14.7 Å². The van der Waals surface area contributed by atoms with Gasteiger partial charge in [0.1, 0.15) is 0 Å². The fraction of sp³-hybridized carbons (Fsp3) is 0.800. The van der Waals surface area contributed by atoms with E-state index in [9.17, 15) is 9.59 Å². The average Bonchev–Trinajstić information content (AvgIpc) is 2.26. The highest BCUT2D eigenvalue weighted by atomic mass is 16.3. The number of hydrogen-bond acceptors (Lipinski definition) is 3. The molecule has 0 spiro atoms. The Hall–Kier alpha value is -1.10. The molecule has 15 heavy (non-hydrogen) atoms. The zero-order chi connectivity index (χ0) is 11.3. The standard InChI is InChI=1S/C10H18N2O3/c1-8-2-5-12(6-3-8)10(15)9(14)11-4-7-13/h8,13H,2-7H2,1H3,(H,11,14). The maximum atomic E-state index is 11.5. The van der Waals surface area contributed by atoms with E-state index in [0.29, 0.717) is 19.0 Å². The smallest absolute Gasteiger partial charge is 0.311 e. The highest BCUT2D eigenvalue weighted by molar-refractivity contribution is 6.35. The summed E-state index contributed by atoms with van der Waals surface area (Å²) in [5, 5.41) is 10.9. The number of likely N-dealkylation sites (tertiary alicyclic amines) is 1. The molecule has 0 aromatic heterocycles. The van der Waals surface area contributed by atoms with Crippen molar-refractivity contribution in [1.82, 2.24) is 10.2 Å². The molecule has 1 rings (SSSR count). The molecule has 0 unspecified atom stereocenters. The summed E-state index contributed by atoms with van der Waals surface area (Å²) in [4.78, 5) is 24.4. The van der Waals surface area contributed by atoms with E-state index in [1.165, 1.54) is 0 Å². The third-order valence-corrected chi connectivity index (χ3v) is 2.66. The van der Waals surface area contributed by atoms with Crippen LogP contribution in [0.25, 0.3) is 0 Å². The van der Waals surface area contributed by atoms with Crippen molar-refractivity contribution in [2.24, 2.45) is 5.92 Å². The van der Waals surface area contributed by atoms with Gasteiger partial charge in [-0.3, -0.25) is 9.59 Å². The Kier molecular flexibility index (Phi) is 4.55. The molecule has 0 aliphatic carbocycles. The second-order valence-corrected chi connectivity index (χ2v) is 3.95. The Morgan fingerprint density at radius 1 is 1.40 bits per heavy atom. The van der Waals surface area contributed by atoms with Gasteiger partial charge in [0.25, 0.3) is 0 Å². The molecule has 2 N–H and O–H groups in total. The van der Waals surface area contributed by atoms with Crippen LogP contribution in [0.5, 0.6) is 0 Å². The molecule has 2 amide bonds. The van der Waals surface area contributed by atoms with Crippen LogP contribution in [0, 0.1) is 5.92 Å². The predicted octanol–water partition coefficient (Wildman–Crippen LogP) is -0.647. The number of amides is 2. The molecule has 86 valence electrons. The molecular weight excluding hydrogens is 196 g/mol. The van der Waals surface area contributed by atoms with Gasteiger partial charge in [0.2, 0.25) is 0 Å². The number of hydrogen-bond donors (Lipinski definition) is 2. The van der Waals surface area contributed by atoms with Crippen LogP contribution >= 0.6 is 0 Å². The second-order valence-electron chi connectivity index (χ2n) is 3.95. The van der Waals surface area contributed by atoms with Crippen molar-refractivity contribution in [1.29, 1.82) is 0 Å². The number of aliphatic hydroxyl groups is 1. The SMILES string of the molecule is CC1CCN(C(=O)C(=O)NCCO)CC1. The second kappa shape index (κ2) is 5.70. The lowest BCUT2D eigenvalue weighted by Gasteiger charge is -2.29. The number of carbonyl (C=O) groups is 2. The van der Waals surface area contributed by atoms with Gasteiger partial charge < -0.3 is 15.3 Å². The quantitative estimate of drug-likeness (QED) is 0.600. The molecular formula is C10H18N2O3. The first-order valence-corrected chi connectivity index (χ1v) is 5.33. The minimum Gasteiger partial charge on any atom is -0.395 e. The maximum Gasteiger partial charge on any atom is 0.311 e. The number of nitrogens with zero attached hydrogens (tertiary/aromatic N) is 1. The van der Waals surface area contributed by atoms with Gasteiger partial charge in [-0.2, -0.15) is 0 Å². The zero-order valence-electron chi connectivity index (χ0n) is 9.03. The maximum absolute atomic E-state index is 11.5. The largest absolute Gasteiger partial charge is 0.395 e. The summed E-state index contributed by atoms with van der Waals surface area (Å²) in [6.45, 7) is 3.46. The molecule has 1 fully saturated rings. The third-order valence-electron chi connectivity index (χ3n) is 2.66. The minimum absolute atomic E-state index is 0.134. The van der Waals surface area contributed by atoms with Gasteiger partial charge >= 0.3 is 11.8 Å². The van der Waals surface area contributed by atoms with Crippen molar-refractivity contribution in [2.45, 2.75) is 19.8 Å². The first-order valence-electron chi connectivity index (χ1n) is 5.33. The fourth-order valence-electron chi connectivity index (χ4n) is 1.60. The Bertz CT molecular complexity index is 235. The van der Waals surface area contributed by atoms with E-state index in [-0.39, 0.29) is 13.2 Å². The Labute approximate surface area is 89.4 Å². The van der Waals surface area contributed by atoms with Crippen molar-refractivity contribution in [3.05, 3.63) is 0 Å². The Morgan fingerprint density at radius 2 is 2.00 bits per heavy atom. The molecule has 1 aliphatic heterocycles. The summed E-state index contributed by atoms with van der Waals surface area (Å²) >= 11 is 0. The normalized spacial score (nSPS) is 17.6. The van der Waals surface area contributed by atoms with Crippen molar-refractivity contribution in [2.75, 3.05) is 26.2 Å². The first kappa shape index (κ1) is 12.0. The van der Waals surface area contributed by atoms with E-state index < -0.39 is 11.8 Å². The molecule has 1 heterocycles. The molecule has 1 saturated heterocycles. The van der Waals surface area contributed by atoms with Crippen LogP contribution in [-0.4, -0.2) is 48.1 Å². The van der Waals surface area contributed by atoms with Crippen LogP contribution in [0.2, 0.25) is 0 Å². The van der Waals surface area contributed by atoms with Crippen LogP contribution in [0.3, 0.4) is 0 Å². The molecule has 0 aromatic rings. The summed E-state index contributed by atoms with van der Waals surface area (Å²) in [7, 11) is 0. The molecule has 0 radical (unpaired) electrons. The monoisotopic (exact) mass is 214 g/mol. The Morgan fingerprint density at radius 3 is 2.53 bits per heavy atom. The van der Waals surface area contributed by atoms with Crippen LogP contribution in [0.4, 0.5) is 0 Å². The van der Waals surface area contributed by atoms with Gasteiger partial charge in [0.15, 0.2) is 0 Å². The summed E-state index contributed by atoms with van der Waals surface area (Å²) in [6, 6.07) is 0. The van der Waals surface area contributed by atoms with Gasteiger partial charge in [0, 0.05) is 19.6 Å². The van der Waals surface area contributed by atoms with Crippen molar-refractivity contribution >= 4 is 11.8 Å². The zero-order valence-corrected chi connectivity index (χ0v) is 9.03. The lowest BCUT2D eigenvalue weighted by Crippen LogP contribution is -2.46. The number of piperidine rings is 1. The molecule has 0 atom stereocenters. The molecule has 1 aliphatic rings. The van der Waals surface area contributed by atoms with Crippen LogP contribution in [0.15, 0.2) is 0 Å². The molecule has 0 aromatic carbocycles. The van der Waals surface area contributed by atoms with E-state index in [1.54, 1.807) is 4.90 Å². The molecule has 0 saturated carbocycles. The predicted molar refractivity (Wildman–Crippen MR) is 55.1 cm³/mol. The lowest BCUT2D eigenvalue weighted by atomic mass is 9.99. The average molecular weight is 214 g/mol. The summed E-state index contributed by atoms with van der Waals surface area (Å²) in [5.41, 5.74) is 0. The third kappa shape index (κ3) is 3.51. The van der Waals surface area contributed by atoms with E-state index in [0.717, 1.165) is 12.8 Å². The number of rotatable bonds is 2. The Balaban J connectivity index is 2.36. The van der Waals surface area contributed by atoms with E-state index in [1.807, 2.05) is 0 Å². The van der Waals surface area contributed by atoms with Crippen LogP contribution < -0.4 is 5.32 Å². The molecule has 5 nitrogen and oxygen atoms in total. The summed E-state index contributed by atoms with van der Waals surface area (Å²) in [6.07, 6.45) is 1.91. The van der Waals surface area contributed by atoms with Crippen LogP contribution in [-0.2, 0) is 9.59 Å². The molecule has 5 heteroatoms. The van der Waals surface area contributed by atoms with Crippen molar-refractivity contribution in [3.8, 4) is 0 Å². The highest BCUT2D eigenvalue weighted by Gasteiger charge is 2.24. The highest BCUT2D eigenvalue weighted by Crippen LogP contribution is 2.15. The fourth-order valence-corrected chi connectivity index (χ4v) is 1.60. The van der Waals surface area contributed by atoms with Gasteiger partial charge in [-0.25, -0.2) is 0 Å². The van der Waals surface area contributed by atoms with E-state index in [2.05, 4.69) is 12.2 Å². The topological polar surface area (TPSA) is 69.6 Å². The van der Waals surface area contributed by atoms with Crippen molar-refractivity contribution in [3.63, 3.8) is 0 Å². The molecule has 0 bridgehead atoms.